The molecule has 12 heavy (non-hydrogen) atoms. The first-order valence-corrected chi connectivity index (χ1v) is 3.89. The van der Waals surface area contributed by atoms with Crippen molar-refractivity contribution in [3.8, 4) is 0 Å². The van der Waals surface area contributed by atoms with Gasteiger partial charge < -0.3 is 14.6 Å². The van der Waals surface area contributed by atoms with Gasteiger partial charge in [0, 0.05) is 0 Å². The van der Waals surface area contributed by atoms with Crippen molar-refractivity contribution in [3.05, 3.63) is 0 Å². The summed E-state index contributed by atoms with van der Waals surface area (Å²) in [4.78, 5) is 10.4. The first-order chi connectivity index (χ1) is 5.33. The summed E-state index contributed by atoms with van der Waals surface area (Å²) in [5, 5.41) is 8.57. The number of hydrogen-bond donors (Lipinski definition) is 1. The number of aliphatic carboxylic acids is 1. The molecule has 4 heteroatoms. The van der Waals surface area contributed by atoms with Gasteiger partial charge in [-0.05, 0) is 20.8 Å². The van der Waals surface area contributed by atoms with Crippen LogP contribution >= 0.6 is 0 Å². The molecule has 0 aromatic carbocycles. The smallest absolute Gasteiger partial charge is 0.306 e. The molecule has 1 fully saturated rings. The summed E-state index contributed by atoms with van der Waals surface area (Å²) in [6, 6.07) is 0. The molecule has 1 saturated heterocycles. The van der Waals surface area contributed by atoms with E-state index in [0.717, 1.165) is 0 Å². The molecule has 0 amide bonds. The number of rotatable bonds is 2. The Morgan fingerprint density at radius 2 is 2.08 bits per heavy atom. The first-order valence-electron chi connectivity index (χ1n) is 3.89. The van der Waals surface area contributed by atoms with Crippen LogP contribution in [0, 0.1) is 0 Å². The average molecular weight is 174 g/mol. The summed E-state index contributed by atoms with van der Waals surface area (Å²) in [6.07, 6.45) is -0.0174. The summed E-state index contributed by atoms with van der Waals surface area (Å²) in [6.45, 7) is 5.64. The van der Waals surface area contributed by atoms with Gasteiger partial charge in [0.1, 0.15) is 5.60 Å². The molecule has 0 saturated carbocycles. The molecule has 0 radical (unpaired) electrons. The Morgan fingerprint density at radius 1 is 1.50 bits per heavy atom. The minimum atomic E-state index is -0.862. The van der Waals surface area contributed by atoms with Crippen molar-refractivity contribution in [2.75, 3.05) is 6.61 Å². The van der Waals surface area contributed by atoms with Crippen molar-refractivity contribution in [3.63, 3.8) is 0 Å². The van der Waals surface area contributed by atoms with Crippen LogP contribution in [-0.2, 0) is 14.3 Å². The maximum atomic E-state index is 10.4. The zero-order valence-electron chi connectivity index (χ0n) is 7.59. The molecule has 1 aliphatic heterocycles. The zero-order valence-corrected chi connectivity index (χ0v) is 7.59. The van der Waals surface area contributed by atoms with Crippen molar-refractivity contribution < 1.29 is 19.4 Å². The molecule has 0 aromatic rings. The van der Waals surface area contributed by atoms with Crippen molar-refractivity contribution in [1.29, 1.82) is 0 Å². The Kier molecular flexibility index (Phi) is 2.14. The van der Waals surface area contributed by atoms with Gasteiger partial charge in [-0.2, -0.15) is 0 Å². The van der Waals surface area contributed by atoms with Gasteiger partial charge in [0.05, 0.1) is 13.0 Å². The molecule has 0 aromatic heterocycles. The standard InChI is InChI=1S/C8H14O4/c1-7(2)11-5-8(3,12-7)4-6(9)10/h4-5H2,1-3H3,(H,9,10)/t8-/m0/s1. The molecule has 0 bridgehead atoms. The van der Waals surface area contributed by atoms with Gasteiger partial charge >= 0.3 is 5.97 Å². The Morgan fingerprint density at radius 3 is 2.42 bits per heavy atom. The maximum absolute atomic E-state index is 10.4. The minimum absolute atomic E-state index is 0.0174. The molecular formula is C8H14O4. The predicted molar refractivity (Wildman–Crippen MR) is 41.8 cm³/mol. The zero-order chi connectivity index (χ0) is 9.41. The molecule has 1 atom stereocenters. The van der Waals surface area contributed by atoms with Gasteiger partial charge in [0.25, 0.3) is 0 Å². The van der Waals surface area contributed by atoms with Crippen molar-refractivity contribution in [2.24, 2.45) is 0 Å². The van der Waals surface area contributed by atoms with Crippen LogP contribution in [0.4, 0.5) is 0 Å². The van der Waals surface area contributed by atoms with E-state index >= 15 is 0 Å². The molecule has 0 aliphatic carbocycles. The number of carboxylic acids is 1. The Labute approximate surface area is 71.5 Å². The van der Waals surface area contributed by atoms with Crippen LogP contribution < -0.4 is 0 Å². The van der Waals surface area contributed by atoms with E-state index in [4.69, 9.17) is 14.6 Å². The van der Waals surface area contributed by atoms with Gasteiger partial charge in [-0.1, -0.05) is 0 Å². The molecule has 0 spiro atoms. The summed E-state index contributed by atoms with van der Waals surface area (Å²) >= 11 is 0. The number of hydrogen-bond acceptors (Lipinski definition) is 3. The van der Waals surface area contributed by atoms with Crippen LogP contribution in [0.3, 0.4) is 0 Å². The van der Waals surface area contributed by atoms with Crippen LogP contribution in [0.2, 0.25) is 0 Å². The second-order valence-electron chi connectivity index (χ2n) is 3.81. The van der Waals surface area contributed by atoms with Crippen LogP contribution in [0.15, 0.2) is 0 Å². The van der Waals surface area contributed by atoms with Gasteiger partial charge in [0.15, 0.2) is 5.79 Å². The van der Waals surface area contributed by atoms with Gasteiger partial charge in [-0.3, -0.25) is 4.79 Å². The Hall–Kier alpha value is -0.610. The summed E-state index contributed by atoms with van der Waals surface area (Å²) < 4.78 is 10.7. The quantitative estimate of drug-likeness (QED) is 0.678. The molecule has 1 heterocycles. The monoisotopic (exact) mass is 174 g/mol. The number of carboxylic acid groups (broad SMARTS) is 1. The van der Waals surface area contributed by atoms with Gasteiger partial charge in [-0.15, -0.1) is 0 Å². The van der Waals surface area contributed by atoms with E-state index < -0.39 is 17.4 Å². The second-order valence-corrected chi connectivity index (χ2v) is 3.81. The van der Waals surface area contributed by atoms with E-state index in [-0.39, 0.29) is 6.42 Å². The highest BCUT2D eigenvalue weighted by Gasteiger charge is 2.43. The Balaban J connectivity index is 2.58. The van der Waals surface area contributed by atoms with Crippen molar-refractivity contribution in [2.45, 2.75) is 38.6 Å². The number of ether oxygens (including phenoxy) is 2. The second kappa shape index (κ2) is 2.71. The largest absolute Gasteiger partial charge is 0.481 e. The topological polar surface area (TPSA) is 55.8 Å². The highest BCUT2D eigenvalue weighted by molar-refractivity contribution is 5.68. The fraction of sp³-hybridized carbons (Fsp3) is 0.875. The van der Waals surface area contributed by atoms with E-state index in [1.54, 1.807) is 20.8 Å². The molecule has 1 aliphatic rings. The third kappa shape index (κ3) is 2.19. The highest BCUT2D eigenvalue weighted by atomic mass is 16.8. The van der Waals surface area contributed by atoms with Gasteiger partial charge in [0.2, 0.25) is 0 Å². The van der Waals surface area contributed by atoms with Gasteiger partial charge in [-0.25, -0.2) is 0 Å². The summed E-state index contributed by atoms with van der Waals surface area (Å²) in [7, 11) is 0. The minimum Gasteiger partial charge on any atom is -0.481 e. The lowest BCUT2D eigenvalue weighted by Gasteiger charge is -2.23. The molecule has 1 rings (SSSR count). The summed E-state index contributed by atoms with van der Waals surface area (Å²) in [5.41, 5.74) is -0.671. The normalized spacial score (nSPS) is 33.6. The fourth-order valence-corrected chi connectivity index (χ4v) is 1.39. The molecule has 0 unspecified atom stereocenters. The van der Waals surface area contributed by atoms with Crippen LogP contribution in [0.1, 0.15) is 27.2 Å². The molecular weight excluding hydrogens is 160 g/mol. The van der Waals surface area contributed by atoms with Crippen molar-refractivity contribution in [1.82, 2.24) is 0 Å². The summed E-state index contributed by atoms with van der Waals surface area (Å²) in [5.74, 6) is -1.51. The van der Waals surface area contributed by atoms with Crippen LogP contribution in [0.25, 0.3) is 0 Å². The highest BCUT2D eigenvalue weighted by Crippen LogP contribution is 2.32. The molecule has 4 nitrogen and oxygen atoms in total. The fourth-order valence-electron chi connectivity index (χ4n) is 1.39. The average Bonchev–Trinajstić information content (AvgIpc) is 2.03. The number of carbonyl (C=O) groups is 1. The third-order valence-corrected chi connectivity index (χ3v) is 1.74. The van der Waals surface area contributed by atoms with Crippen LogP contribution in [-0.4, -0.2) is 29.1 Å². The molecule has 1 N–H and O–H groups in total. The van der Waals surface area contributed by atoms with Crippen molar-refractivity contribution >= 4 is 5.97 Å². The van der Waals surface area contributed by atoms with E-state index in [1.807, 2.05) is 0 Å². The lowest BCUT2D eigenvalue weighted by atomic mass is 10.0. The van der Waals surface area contributed by atoms with E-state index in [9.17, 15) is 4.79 Å². The van der Waals surface area contributed by atoms with Crippen LogP contribution in [0.5, 0.6) is 0 Å². The SMILES string of the molecule is CC1(C)OC[C@](C)(CC(=O)O)O1. The first kappa shape index (κ1) is 9.48. The van der Waals surface area contributed by atoms with E-state index in [2.05, 4.69) is 0 Å². The maximum Gasteiger partial charge on any atom is 0.306 e. The third-order valence-electron chi connectivity index (χ3n) is 1.74. The lowest BCUT2D eigenvalue weighted by Crippen LogP contribution is -2.33. The predicted octanol–water partition coefficient (Wildman–Crippen LogP) is 1.00. The lowest BCUT2D eigenvalue weighted by molar-refractivity contribution is -0.165. The Bertz CT molecular complexity index is 199. The van der Waals surface area contributed by atoms with E-state index in [0.29, 0.717) is 6.61 Å². The van der Waals surface area contributed by atoms with E-state index in [1.165, 1.54) is 0 Å². The molecule has 70 valence electrons.